The van der Waals surface area contributed by atoms with Gasteiger partial charge >= 0.3 is 6.03 Å². The lowest BCUT2D eigenvalue weighted by Gasteiger charge is -2.11. The van der Waals surface area contributed by atoms with E-state index in [2.05, 4.69) is 10.6 Å². The fourth-order valence-corrected chi connectivity index (χ4v) is 2.37. The summed E-state index contributed by atoms with van der Waals surface area (Å²) in [4.78, 5) is 11.9. The molecule has 2 aromatic rings. The number of carbonyl (C=O) groups excluding carboxylic acids is 1. The largest absolute Gasteiger partial charge is 0.323 e. The standard InChI is InChI=1S/C15H17N3O3S/c1-10-3-6-12(7-4-10)17-15(19)18-14-9-13(22(16,20)21)8-5-11(14)2/h3-9H,1-2H3,(H2,16,20,21)(H2,17,18,19). The number of anilines is 2. The third-order valence-electron chi connectivity index (χ3n) is 3.10. The molecule has 0 unspecified atom stereocenters. The Balaban J connectivity index is 2.16. The van der Waals surface area contributed by atoms with Gasteiger partial charge in [0.15, 0.2) is 0 Å². The average Bonchev–Trinajstić information content (AvgIpc) is 2.42. The zero-order valence-corrected chi connectivity index (χ0v) is 13.1. The lowest BCUT2D eigenvalue weighted by atomic mass is 10.2. The van der Waals surface area contributed by atoms with Gasteiger partial charge in [0.1, 0.15) is 0 Å². The Morgan fingerprint density at radius 2 is 1.64 bits per heavy atom. The van der Waals surface area contributed by atoms with Crippen molar-refractivity contribution in [2.75, 3.05) is 10.6 Å². The maximum absolute atomic E-state index is 12.0. The van der Waals surface area contributed by atoms with Gasteiger partial charge in [0.25, 0.3) is 0 Å². The van der Waals surface area contributed by atoms with Crippen molar-refractivity contribution in [1.82, 2.24) is 0 Å². The Hall–Kier alpha value is -2.38. The summed E-state index contributed by atoms with van der Waals surface area (Å²) in [5.41, 5.74) is 2.84. The normalized spacial score (nSPS) is 11.0. The van der Waals surface area contributed by atoms with Crippen molar-refractivity contribution in [3.63, 3.8) is 0 Å². The van der Waals surface area contributed by atoms with Gasteiger partial charge < -0.3 is 10.6 Å². The number of nitrogens with one attached hydrogen (secondary N) is 2. The van der Waals surface area contributed by atoms with Crippen LogP contribution < -0.4 is 15.8 Å². The minimum Gasteiger partial charge on any atom is -0.308 e. The van der Waals surface area contributed by atoms with Gasteiger partial charge in [0.2, 0.25) is 10.0 Å². The first-order valence-electron chi connectivity index (χ1n) is 6.54. The molecule has 116 valence electrons. The maximum atomic E-state index is 12.0. The number of urea groups is 1. The summed E-state index contributed by atoms with van der Waals surface area (Å²) in [6, 6.07) is 11.2. The van der Waals surface area contributed by atoms with Crippen LogP contribution in [-0.2, 0) is 10.0 Å². The lowest BCUT2D eigenvalue weighted by molar-refractivity contribution is 0.262. The Kier molecular flexibility index (Phi) is 4.48. The zero-order chi connectivity index (χ0) is 16.3. The highest BCUT2D eigenvalue weighted by atomic mass is 32.2. The van der Waals surface area contributed by atoms with E-state index in [1.165, 1.54) is 12.1 Å². The molecule has 2 rings (SSSR count). The zero-order valence-electron chi connectivity index (χ0n) is 12.3. The number of benzene rings is 2. The third-order valence-corrected chi connectivity index (χ3v) is 4.01. The number of hydrogen-bond donors (Lipinski definition) is 3. The third kappa shape index (κ3) is 4.06. The molecular weight excluding hydrogens is 302 g/mol. The number of sulfonamides is 1. The highest BCUT2D eigenvalue weighted by Gasteiger charge is 2.11. The molecule has 0 bridgehead atoms. The van der Waals surface area contributed by atoms with Crippen molar-refractivity contribution in [3.8, 4) is 0 Å². The Bertz CT molecular complexity index is 799. The maximum Gasteiger partial charge on any atom is 0.323 e. The minimum atomic E-state index is -3.81. The van der Waals surface area contributed by atoms with Gasteiger partial charge in [-0.15, -0.1) is 0 Å². The molecule has 4 N–H and O–H groups in total. The molecule has 0 saturated heterocycles. The van der Waals surface area contributed by atoms with E-state index >= 15 is 0 Å². The summed E-state index contributed by atoms with van der Waals surface area (Å²) >= 11 is 0. The molecule has 0 radical (unpaired) electrons. The highest BCUT2D eigenvalue weighted by Crippen LogP contribution is 2.20. The number of primary sulfonamides is 1. The van der Waals surface area contributed by atoms with Gasteiger partial charge in [0.05, 0.1) is 4.90 Å². The van der Waals surface area contributed by atoms with Crippen molar-refractivity contribution in [2.24, 2.45) is 5.14 Å². The van der Waals surface area contributed by atoms with Crippen LogP contribution in [0.5, 0.6) is 0 Å². The first-order valence-corrected chi connectivity index (χ1v) is 8.08. The average molecular weight is 319 g/mol. The van der Waals surface area contributed by atoms with E-state index < -0.39 is 16.1 Å². The van der Waals surface area contributed by atoms with Crippen LogP contribution in [0.4, 0.5) is 16.2 Å². The summed E-state index contributed by atoms with van der Waals surface area (Å²) in [6.45, 7) is 3.71. The first kappa shape index (κ1) is 16.0. The van der Waals surface area contributed by atoms with Crippen molar-refractivity contribution in [2.45, 2.75) is 18.7 Å². The highest BCUT2D eigenvalue weighted by molar-refractivity contribution is 7.89. The second-order valence-electron chi connectivity index (χ2n) is 4.97. The molecule has 0 aliphatic heterocycles. The van der Waals surface area contributed by atoms with Crippen LogP contribution in [0, 0.1) is 13.8 Å². The fourth-order valence-electron chi connectivity index (χ4n) is 1.83. The van der Waals surface area contributed by atoms with Gasteiger partial charge in [-0.2, -0.15) is 0 Å². The van der Waals surface area contributed by atoms with Gasteiger partial charge in [0, 0.05) is 11.4 Å². The fraction of sp³-hybridized carbons (Fsp3) is 0.133. The van der Waals surface area contributed by atoms with Crippen LogP contribution in [0.1, 0.15) is 11.1 Å². The van der Waals surface area contributed by atoms with Crippen molar-refractivity contribution < 1.29 is 13.2 Å². The number of carbonyl (C=O) groups is 1. The molecule has 0 spiro atoms. The van der Waals surface area contributed by atoms with E-state index in [-0.39, 0.29) is 4.90 Å². The molecule has 6 nitrogen and oxygen atoms in total. The van der Waals surface area contributed by atoms with Crippen LogP contribution in [0.3, 0.4) is 0 Å². The van der Waals surface area contributed by atoms with Crippen LogP contribution in [0.25, 0.3) is 0 Å². The molecule has 0 saturated carbocycles. The summed E-state index contributed by atoms with van der Waals surface area (Å²) in [5, 5.41) is 10.4. The predicted octanol–water partition coefficient (Wildman–Crippen LogP) is 2.59. The molecular formula is C15H17N3O3S. The lowest BCUT2D eigenvalue weighted by Crippen LogP contribution is -2.20. The number of rotatable bonds is 3. The molecule has 0 atom stereocenters. The van der Waals surface area contributed by atoms with E-state index in [0.717, 1.165) is 11.1 Å². The van der Waals surface area contributed by atoms with Crippen molar-refractivity contribution >= 4 is 27.4 Å². The molecule has 22 heavy (non-hydrogen) atoms. The second-order valence-corrected chi connectivity index (χ2v) is 6.53. The van der Waals surface area contributed by atoms with E-state index in [9.17, 15) is 13.2 Å². The quantitative estimate of drug-likeness (QED) is 0.810. The summed E-state index contributed by atoms with van der Waals surface area (Å²) in [5.74, 6) is 0. The monoisotopic (exact) mass is 319 g/mol. The SMILES string of the molecule is Cc1ccc(NC(=O)Nc2cc(S(N)(=O)=O)ccc2C)cc1. The molecule has 0 aliphatic rings. The predicted molar refractivity (Wildman–Crippen MR) is 86.4 cm³/mol. The Morgan fingerprint density at radius 3 is 2.23 bits per heavy atom. The van der Waals surface area contributed by atoms with Crippen LogP contribution in [0.15, 0.2) is 47.4 Å². The first-order chi connectivity index (χ1) is 10.3. The number of hydrogen-bond acceptors (Lipinski definition) is 3. The number of nitrogens with two attached hydrogens (primary N) is 1. The van der Waals surface area contributed by atoms with Gasteiger partial charge in [-0.1, -0.05) is 23.8 Å². The van der Waals surface area contributed by atoms with Gasteiger partial charge in [-0.3, -0.25) is 0 Å². The summed E-state index contributed by atoms with van der Waals surface area (Å²) in [6.07, 6.45) is 0. The van der Waals surface area contributed by atoms with Crippen molar-refractivity contribution in [3.05, 3.63) is 53.6 Å². The molecule has 7 heteroatoms. The Morgan fingerprint density at radius 1 is 1.00 bits per heavy atom. The summed E-state index contributed by atoms with van der Waals surface area (Å²) < 4.78 is 22.7. The van der Waals surface area contributed by atoms with Gasteiger partial charge in [-0.25, -0.2) is 18.4 Å². The van der Waals surface area contributed by atoms with Crippen LogP contribution in [0.2, 0.25) is 0 Å². The minimum absolute atomic E-state index is 0.0521. The van der Waals surface area contributed by atoms with Crippen LogP contribution in [-0.4, -0.2) is 14.4 Å². The number of aryl methyl sites for hydroxylation is 2. The molecule has 0 aliphatic carbocycles. The molecule has 0 heterocycles. The second kappa shape index (κ2) is 6.17. The van der Waals surface area contributed by atoms with E-state index in [1.807, 2.05) is 19.1 Å². The van der Waals surface area contributed by atoms with E-state index in [4.69, 9.17) is 5.14 Å². The van der Waals surface area contributed by atoms with Gasteiger partial charge in [-0.05, 0) is 43.7 Å². The Labute approximate surface area is 129 Å². The number of amides is 2. The smallest absolute Gasteiger partial charge is 0.308 e. The topological polar surface area (TPSA) is 101 Å². The molecule has 2 aromatic carbocycles. The summed E-state index contributed by atoms with van der Waals surface area (Å²) in [7, 11) is -3.81. The van der Waals surface area contributed by atoms with E-state index in [0.29, 0.717) is 11.4 Å². The van der Waals surface area contributed by atoms with Crippen molar-refractivity contribution in [1.29, 1.82) is 0 Å². The van der Waals surface area contributed by atoms with E-state index in [1.54, 1.807) is 25.1 Å². The molecule has 2 amide bonds. The molecule has 0 fully saturated rings. The van der Waals surface area contributed by atoms with Crippen LogP contribution >= 0.6 is 0 Å². The molecule has 0 aromatic heterocycles.